The molecule has 7 heteroatoms. The highest BCUT2D eigenvalue weighted by Gasteiger charge is 2.15. The smallest absolute Gasteiger partial charge is 0.258 e. The van der Waals surface area contributed by atoms with Gasteiger partial charge >= 0.3 is 0 Å². The Labute approximate surface area is 202 Å². The van der Waals surface area contributed by atoms with Crippen LogP contribution in [0.1, 0.15) is 10.4 Å². The molecule has 0 saturated heterocycles. The van der Waals surface area contributed by atoms with Crippen LogP contribution in [0.3, 0.4) is 0 Å². The predicted molar refractivity (Wildman–Crippen MR) is 140 cm³/mol. The number of carbonyl (C=O) groups is 1. The van der Waals surface area contributed by atoms with Crippen molar-refractivity contribution in [1.82, 2.24) is 10.3 Å². The number of anilines is 1. The molecule has 0 aliphatic rings. The molecule has 32 heavy (non-hydrogen) atoms. The maximum atomic E-state index is 12.9. The summed E-state index contributed by atoms with van der Waals surface area (Å²) < 4.78 is 2.04. The van der Waals surface area contributed by atoms with Crippen molar-refractivity contribution in [2.75, 3.05) is 5.32 Å². The van der Waals surface area contributed by atoms with Crippen molar-refractivity contribution in [1.29, 1.82) is 0 Å². The molecule has 4 nitrogen and oxygen atoms in total. The lowest BCUT2D eigenvalue weighted by atomic mass is 10.0. The average Bonchev–Trinajstić information content (AvgIpc) is 3.24. The number of nitrogens with zero attached hydrogens (tertiary/aromatic N) is 1. The molecule has 0 saturated carbocycles. The van der Waals surface area contributed by atoms with Crippen molar-refractivity contribution < 1.29 is 4.79 Å². The Kier molecular flexibility index (Phi) is 5.70. The normalized spacial score (nSPS) is 10.9. The van der Waals surface area contributed by atoms with Crippen LogP contribution < -0.4 is 10.6 Å². The summed E-state index contributed by atoms with van der Waals surface area (Å²) in [5.74, 6) is -0.252. The van der Waals surface area contributed by atoms with Crippen LogP contribution in [-0.2, 0) is 0 Å². The van der Waals surface area contributed by atoms with Gasteiger partial charge in [0, 0.05) is 15.6 Å². The van der Waals surface area contributed by atoms with Crippen molar-refractivity contribution in [3.8, 4) is 10.6 Å². The molecule has 1 aromatic heterocycles. The lowest BCUT2D eigenvalue weighted by Gasteiger charge is -2.13. The van der Waals surface area contributed by atoms with Crippen LogP contribution in [0.25, 0.3) is 31.6 Å². The standard InChI is InChI=1S/C25H16BrN3OS2/c26-16-12-13-20(19(14-16)24-27-21-10-3-4-11-22(21)32-24)28-25(31)29-23(30)18-9-5-7-15-6-1-2-8-17(15)18/h1-14H,(H2,28,29,30,31). The summed E-state index contributed by atoms with van der Waals surface area (Å²) in [6.07, 6.45) is 0. The first-order chi connectivity index (χ1) is 15.6. The monoisotopic (exact) mass is 517 g/mol. The van der Waals surface area contributed by atoms with Gasteiger partial charge in [0.1, 0.15) is 5.01 Å². The van der Waals surface area contributed by atoms with Gasteiger partial charge < -0.3 is 5.32 Å². The molecule has 5 rings (SSSR count). The Hall–Kier alpha value is -3.13. The fourth-order valence-corrected chi connectivity index (χ4v) is 5.10. The second kappa shape index (κ2) is 8.78. The summed E-state index contributed by atoms with van der Waals surface area (Å²) in [6.45, 7) is 0. The second-order valence-electron chi connectivity index (χ2n) is 7.11. The summed E-state index contributed by atoms with van der Waals surface area (Å²) in [7, 11) is 0. The zero-order valence-electron chi connectivity index (χ0n) is 16.6. The van der Waals surface area contributed by atoms with E-state index >= 15 is 0 Å². The minimum atomic E-state index is -0.252. The number of para-hydroxylation sites is 1. The second-order valence-corrected chi connectivity index (χ2v) is 9.47. The van der Waals surface area contributed by atoms with Crippen molar-refractivity contribution in [3.63, 3.8) is 0 Å². The Morgan fingerprint density at radius 2 is 1.72 bits per heavy atom. The number of carbonyl (C=O) groups excluding carboxylic acids is 1. The van der Waals surface area contributed by atoms with Gasteiger partial charge in [0.05, 0.1) is 15.9 Å². The number of aromatic nitrogens is 1. The number of hydrogen-bond donors (Lipinski definition) is 2. The van der Waals surface area contributed by atoms with Gasteiger partial charge in [-0.2, -0.15) is 0 Å². The molecule has 0 radical (unpaired) electrons. The fourth-order valence-electron chi connectivity index (χ4n) is 3.54. The highest BCUT2D eigenvalue weighted by Crippen LogP contribution is 2.36. The van der Waals surface area contributed by atoms with Crippen molar-refractivity contribution in [2.45, 2.75) is 0 Å². The summed E-state index contributed by atoms with van der Waals surface area (Å²) >= 11 is 10.6. The molecule has 1 heterocycles. The minimum Gasteiger partial charge on any atom is -0.332 e. The van der Waals surface area contributed by atoms with Gasteiger partial charge in [-0.1, -0.05) is 64.5 Å². The third-order valence-corrected chi connectivity index (χ3v) is 6.78. The predicted octanol–water partition coefficient (Wildman–Crippen LogP) is 7.01. The number of fused-ring (bicyclic) bond motifs is 2. The number of rotatable bonds is 3. The lowest BCUT2D eigenvalue weighted by molar-refractivity contribution is 0.0979. The van der Waals surface area contributed by atoms with E-state index in [0.29, 0.717) is 5.56 Å². The highest BCUT2D eigenvalue weighted by molar-refractivity contribution is 9.10. The number of thiocarbonyl (C=S) groups is 1. The van der Waals surface area contributed by atoms with Crippen LogP contribution in [0.15, 0.2) is 89.4 Å². The number of halogens is 1. The molecule has 0 fully saturated rings. The van der Waals surface area contributed by atoms with Crippen molar-refractivity contribution in [2.24, 2.45) is 0 Å². The molecule has 0 aliphatic carbocycles. The molecule has 2 N–H and O–H groups in total. The van der Waals surface area contributed by atoms with E-state index in [1.165, 1.54) is 0 Å². The first kappa shape index (κ1) is 20.8. The molecule has 5 aromatic rings. The third kappa shape index (κ3) is 4.14. The lowest BCUT2D eigenvalue weighted by Crippen LogP contribution is -2.34. The molecule has 4 aromatic carbocycles. The van der Waals surface area contributed by atoms with Gasteiger partial charge in [0.2, 0.25) is 0 Å². The summed E-state index contributed by atoms with van der Waals surface area (Å²) in [4.78, 5) is 17.7. The van der Waals surface area contributed by atoms with Gasteiger partial charge in [-0.15, -0.1) is 11.3 Å². The molecule has 0 unspecified atom stereocenters. The van der Waals surface area contributed by atoms with E-state index in [1.54, 1.807) is 17.4 Å². The molecular formula is C25H16BrN3OS2. The highest BCUT2D eigenvalue weighted by atomic mass is 79.9. The zero-order valence-corrected chi connectivity index (χ0v) is 19.9. The number of nitrogens with one attached hydrogen (secondary N) is 2. The summed E-state index contributed by atoms with van der Waals surface area (Å²) in [5.41, 5.74) is 3.21. The molecule has 0 bridgehead atoms. The number of hydrogen-bond acceptors (Lipinski definition) is 4. The van der Waals surface area contributed by atoms with Crippen LogP contribution in [-0.4, -0.2) is 16.0 Å². The van der Waals surface area contributed by atoms with E-state index in [2.05, 4.69) is 32.6 Å². The number of benzene rings is 4. The summed E-state index contributed by atoms with van der Waals surface area (Å²) in [6, 6.07) is 27.3. The van der Waals surface area contributed by atoms with E-state index in [1.807, 2.05) is 72.8 Å². The average molecular weight is 518 g/mol. The SMILES string of the molecule is O=C(NC(=S)Nc1ccc(Br)cc1-c1nc2ccccc2s1)c1cccc2ccccc12. The van der Waals surface area contributed by atoms with Crippen LogP contribution in [0, 0.1) is 0 Å². The molecule has 1 amide bonds. The van der Waals surface area contributed by atoms with Crippen LogP contribution in [0.4, 0.5) is 5.69 Å². The fraction of sp³-hybridized carbons (Fsp3) is 0. The molecule has 0 atom stereocenters. The van der Waals surface area contributed by atoms with Crippen LogP contribution in [0.5, 0.6) is 0 Å². The third-order valence-electron chi connectivity index (χ3n) is 5.02. The van der Waals surface area contributed by atoms with E-state index in [0.717, 1.165) is 41.7 Å². The Balaban J connectivity index is 1.41. The van der Waals surface area contributed by atoms with Gasteiger partial charge in [0.25, 0.3) is 5.91 Å². The van der Waals surface area contributed by atoms with Gasteiger partial charge in [-0.05, 0) is 59.4 Å². The van der Waals surface area contributed by atoms with E-state index < -0.39 is 0 Å². The first-order valence-electron chi connectivity index (χ1n) is 9.84. The zero-order chi connectivity index (χ0) is 22.1. The molecule has 0 aliphatic heterocycles. The van der Waals surface area contributed by atoms with Crippen LogP contribution >= 0.6 is 39.5 Å². The maximum Gasteiger partial charge on any atom is 0.258 e. The van der Waals surface area contributed by atoms with E-state index in [-0.39, 0.29) is 11.0 Å². The Bertz CT molecular complexity index is 1460. The van der Waals surface area contributed by atoms with Gasteiger partial charge in [-0.3, -0.25) is 10.1 Å². The van der Waals surface area contributed by atoms with Crippen molar-refractivity contribution in [3.05, 3.63) is 95.0 Å². The van der Waals surface area contributed by atoms with Gasteiger partial charge in [-0.25, -0.2) is 4.98 Å². The quantitative estimate of drug-likeness (QED) is 0.253. The Morgan fingerprint density at radius 1 is 0.938 bits per heavy atom. The van der Waals surface area contributed by atoms with Crippen molar-refractivity contribution >= 4 is 77.2 Å². The van der Waals surface area contributed by atoms with Gasteiger partial charge in [0.15, 0.2) is 5.11 Å². The summed E-state index contributed by atoms with van der Waals surface area (Å²) in [5, 5.41) is 8.97. The number of thiazole rings is 1. The van der Waals surface area contributed by atoms with E-state index in [4.69, 9.17) is 17.2 Å². The van der Waals surface area contributed by atoms with Crippen LogP contribution in [0.2, 0.25) is 0 Å². The maximum absolute atomic E-state index is 12.9. The first-order valence-corrected chi connectivity index (χ1v) is 11.9. The van der Waals surface area contributed by atoms with E-state index in [9.17, 15) is 4.79 Å². The topological polar surface area (TPSA) is 54.0 Å². The molecule has 156 valence electrons. The minimum absolute atomic E-state index is 0.229. The molecule has 0 spiro atoms. The number of amides is 1. The largest absolute Gasteiger partial charge is 0.332 e. The Morgan fingerprint density at radius 3 is 2.59 bits per heavy atom. The molecular weight excluding hydrogens is 502 g/mol.